The van der Waals surface area contributed by atoms with Gasteiger partial charge in [0.15, 0.2) is 0 Å². The Balaban J connectivity index is 1.71. The van der Waals surface area contributed by atoms with Crippen molar-refractivity contribution < 1.29 is 9.72 Å². The maximum atomic E-state index is 11.5. The number of nitrogens with one attached hydrogen (secondary N) is 2. The average molecular weight is 356 g/mol. The molecule has 2 N–H and O–H groups in total. The Morgan fingerprint density at radius 1 is 1.43 bits per heavy atom. The van der Waals surface area contributed by atoms with Crippen molar-refractivity contribution >= 4 is 27.5 Å². The first-order valence-electron chi connectivity index (χ1n) is 6.99. The molecule has 1 amide bonds. The van der Waals surface area contributed by atoms with Crippen molar-refractivity contribution in [2.75, 3.05) is 6.54 Å². The number of carbonyl (C=O) groups excluding carboxylic acids is 1. The van der Waals surface area contributed by atoms with Gasteiger partial charge in [-0.1, -0.05) is 15.9 Å². The van der Waals surface area contributed by atoms with Gasteiger partial charge in [-0.3, -0.25) is 14.9 Å². The van der Waals surface area contributed by atoms with Gasteiger partial charge in [-0.15, -0.1) is 0 Å². The summed E-state index contributed by atoms with van der Waals surface area (Å²) in [6, 6.07) is 5.29. The summed E-state index contributed by atoms with van der Waals surface area (Å²) < 4.78 is 0.814. The predicted octanol–water partition coefficient (Wildman–Crippen LogP) is 2.51. The first-order valence-corrected chi connectivity index (χ1v) is 7.78. The van der Waals surface area contributed by atoms with Crippen molar-refractivity contribution in [3.63, 3.8) is 0 Å². The zero-order chi connectivity index (χ0) is 15.2. The van der Waals surface area contributed by atoms with E-state index in [2.05, 4.69) is 26.6 Å². The summed E-state index contributed by atoms with van der Waals surface area (Å²) in [7, 11) is 0. The molecule has 7 heteroatoms. The second-order valence-corrected chi connectivity index (χ2v) is 6.07. The first kappa shape index (κ1) is 15.9. The summed E-state index contributed by atoms with van der Waals surface area (Å²) in [4.78, 5) is 22.0. The molecule has 0 heterocycles. The third kappa shape index (κ3) is 5.43. The molecule has 1 aliphatic rings. The van der Waals surface area contributed by atoms with Crippen LogP contribution in [0.1, 0.15) is 31.2 Å². The summed E-state index contributed by atoms with van der Waals surface area (Å²) in [5.74, 6) is 0.0905. The Kier molecular flexibility index (Phi) is 5.69. The van der Waals surface area contributed by atoms with E-state index in [1.165, 1.54) is 6.07 Å². The minimum absolute atomic E-state index is 0.0905. The number of nitrogens with zero attached hydrogens (tertiary/aromatic N) is 1. The standard InChI is InChI=1S/C14H18BrN3O3/c15-11-3-6-13(18(20)21)10(8-11)9-16-7-1-2-14(19)17-12-4-5-12/h3,6,8,12,16H,1-2,4-5,7,9H2,(H,17,19). The molecule has 2 rings (SSSR count). The number of carbonyl (C=O) groups is 1. The van der Waals surface area contributed by atoms with Gasteiger partial charge >= 0.3 is 0 Å². The molecular formula is C14H18BrN3O3. The lowest BCUT2D eigenvalue weighted by Crippen LogP contribution is -2.26. The van der Waals surface area contributed by atoms with E-state index in [-0.39, 0.29) is 16.5 Å². The van der Waals surface area contributed by atoms with Crippen LogP contribution in [0.4, 0.5) is 5.69 Å². The van der Waals surface area contributed by atoms with Crippen LogP contribution in [0.25, 0.3) is 0 Å². The Morgan fingerprint density at radius 3 is 2.86 bits per heavy atom. The monoisotopic (exact) mass is 355 g/mol. The Labute approximate surface area is 131 Å². The molecule has 0 unspecified atom stereocenters. The van der Waals surface area contributed by atoms with Crippen LogP contribution in [0.5, 0.6) is 0 Å². The molecule has 1 fully saturated rings. The molecule has 0 radical (unpaired) electrons. The van der Waals surface area contributed by atoms with E-state index in [1.54, 1.807) is 12.1 Å². The first-order chi connectivity index (χ1) is 10.1. The molecule has 0 atom stereocenters. The van der Waals surface area contributed by atoms with Crippen LogP contribution in [0.3, 0.4) is 0 Å². The van der Waals surface area contributed by atoms with Crippen molar-refractivity contribution in [3.8, 4) is 0 Å². The van der Waals surface area contributed by atoms with Crippen LogP contribution in [0, 0.1) is 10.1 Å². The molecule has 0 saturated heterocycles. The maximum Gasteiger partial charge on any atom is 0.273 e. The number of benzene rings is 1. The molecule has 114 valence electrons. The van der Waals surface area contributed by atoms with E-state index in [1.807, 2.05) is 0 Å². The highest BCUT2D eigenvalue weighted by molar-refractivity contribution is 9.10. The van der Waals surface area contributed by atoms with Gasteiger partial charge in [0.1, 0.15) is 0 Å². The Bertz CT molecular complexity index is 532. The van der Waals surface area contributed by atoms with Crippen molar-refractivity contribution in [1.82, 2.24) is 10.6 Å². The summed E-state index contributed by atoms with van der Waals surface area (Å²) in [5, 5.41) is 17.0. The summed E-state index contributed by atoms with van der Waals surface area (Å²) in [6.45, 7) is 1.07. The van der Waals surface area contributed by atoms with E-state index >= 15 is 0 Å². The lowest BCUT2D eigenvalue weighted by molar-refractivity contribution is -0.385. The zero-order valence-electron chi connectivity index (χ0n) is 11.6. The number of nitro groups is 1. The van der Waals surface area contributed by atoms with Crippen LogP contribution < -0.4 is 10.6 Å². The Morgan fingerprint density at radius 2 is 2.19 bits per heavy atom. The fourth-order valence-electron chi connectivity index (χ4n) is 2.00. The van der Waals surface area contributed by atoms with Crippen molar-refractivity contribution in [2.45, 2.75) is 38.3 Å². The molecule has 21 heavy (non-hydrogen) atoms. The van der Waals surface area contributed by atoms with Crippen molar-refractivity contribution in [3.05, 3.63) is 38.3 Å². The summed E-state index contributed by atoms with van der Waals surface area (Å²) >= 11 is 3.31. The Hall–Kier alpha value is -1.47. The van der Waals surface area contributed by atoms with Gasteiger partial charge in [0, 0.05) is 35.1 Å². The van der Waals surface area contributed by atoms with Gasteiger partial charge in [-0.25, -0.2) is 0 Å². The normalized spacial score (nSPS) is 14.0. The topological polar surface area (TPSA) is 84.3 Å². The number of rotatable bonds is 8. The molecule has 6 nitrogen and oxygen atoms in total. The highest BCUT2D eigenvalue weighted by atomic mass is 79.9. The minimum Gasteiger partial charge on any atom is -0.353 e. The van der Waals surface area contributed by atoms with Crippen LogP contribution in [-0.2, 0) is 11.3 Å². The van der Waals surface area contributed by atoms with Gasteiger partial charge in [0.05, 0.1) is 4.92 Å². The largest absolute Gasteiger partial charge is 0.353 e. The zero-order valence-corrected chi connectivity index (χ0v) is 13.2. The van der Waals surface area contributed by atoms with Crippen LogP contribution in [0.2, 0.25) is 0 Å². The van der Waals surface area contributed by atoms with Gasteiger partial charge < -0.3 is 10.6 Å². The summed E-state index contributed by atoms with van der Waals surface area (Å²) in [6.07, 6.45) is 3.40. The fraction of sp³-hybridized carbons (Fsp3) is 0.500. The lowest BCUT2D eigenvalue weighted by Gasteiger charge is -2.07. The number of hydrogen-bond donors (Lipinski definition) is 2. The second-order valence-electron chi connectivity index (χ2n) is 5.15. The minimum atomic E-state index is -0.382. The molecule has 0 aromatic heterocycles. The number of hydrogen-bond acceptors (Lipinski definition) is 4. The smallest absolute Gasteiger partial charge is 0.273 e. The number of halogens is 1. The third-order valence-electron chi connectivity index (χ3n) is 3.25. The van der Waals surface area contributed by atoms with E-state index in [0.29, 0.717) is 31.1 Å². The fourth-order valence-corrected chi connectivity index (χ4v) is 2.41. The van der Waals surface area contributed by atoms with Gasteiger partial charge in [0.2, 0.25) is 5.91 Å². The molecule has 1 saturated carbocycles. The quantitative estimate of drug-likeness (QED) is 0.426. The highest BCUT2D eigenvalue weighted by Gasteiger charge is 2.22. The molecule has 1 aromatic carbocycles. The van der Waals surface area contributed by atoms with E-state index in [0.717, 1.165) is 23.7 Å². The number of nitro benzene ring substituents is 1. The van der Waals surface area contributed by atoms with Gasteiger partial charge in [-0.05, 0) is 37.9 Å². The highest BCUT2D eigenvalue weighted by Crippen LogP contribution is 2.22. The van der Waals surface area contributed by atoms with Gasteiger partial charge in [-0.2, -0.15) is 0 Å². The second kappa shape index (κ2) is 7.51. The van der Waals surface area contributed by atoms with Crippen molar-refractivity contribution in [1.29, 1.82) is 0 Å². The SMILES string of the molecule is O=C(CCCNCc1cc(Br)ccc1[N+](=O)[O-])NC1CC1. The predicted molar refractivity (Wildman–Crippen MR) is 82.9 cm³/mol. The maximum absolute atomic E-state index is 11.5. The van der Waals surface area contributed by atoms with E-state index in [9.17, 15) is 14.9 Å². The van der Waals surface area contributed by atoms with E-state index in [4.69, 9.17) is 0 Å². The molecule has 0 aliphatic heterocycles. The molecular weight excluding hydrogens is 338 g/mol. The molecule has 1 aromatic rings. The van der Waals surface area contributed by atoms with Gasteiger partial charge in [0.25, 0.3) is 5.69 Å². The molecule has 1 aliphatic carbocycles. The average Bonchev–Trinajstić information content (AvgIpc) is 3.22. The molecule has 0 bridgehead atoms. The van der Waals surface area contributed by atoms with Crippen LogP contribution in [0.15, 0.2) is 22.7 Å². The van der Waals surface area contributed by atoms with Crippen LogP contribution in [-0.4, -0.2) is 23.4 Å². The summed E-state index contributed by atoms with van der Waals surface area (Å²) in [5.41, 5.74) is 0.744. The van der Waals surface area contributed by atoms with Crippen LogP contribution >= 0.6 is 15.9 Å². The van der Waals surface area contributed by atoms with E-state index < -0.39 is 0 Å². The third-order valence-corrected chi connectivity index (χ3v) is 3.75. The number of amides is 1. The van der Waals surface area contributed by atoms with Crippen molar-refractivity contribution in [2.24, 2.45) is 0 Å². The molecule has 0 spiro atoms. The lowest BCUT2D eigenvalue weighted by atomic mass is 10.2.